The Morgan fingerprint density at radius 1 is 1.33 bits per heavy atom. The molecule has 2 fully saturated rings. The van der Waals surface area contributed by atoms with Crippen LogP contribution in [-0.2, 0) is 6.54 Å². The lowest BCUT2D eigenvalue weighted by Gasteiger charge is -2.36. The molecule has 5 nitrogen and oxygen atoms in total. The average Bonchev–Trinajstić information content (AvgIpc) is 2.68. The molecule has 21 heavy (non-hydrogen) atoms. The van der Waals surface area contributed by atoms with E-state index >= 15 is 0 Å². The zero-order valence-corrected chi connectivity index (χ0v) is 12.7. The van der Waals surface area contributed by atoms with Gasteiger partial charge >= 0.3 is 0 Å². The molecule has 0 amide bonds. The summed E-state index contributed by atoms with van der Waals surface area (Å²) in [5.41, 5.74) is 2.04. The third kappa shape index (κ3) is 2.80. The second-order valence-corrected chi connectivity index (χ2v) is 6.42. The molecular formula is C16H23N3O2. The lowest BCUT2D eigenvalue weighted by molar-refractivity contribution is -0.385. The molecule has 0 aliphatic carbocycles. The number of piperidine rings is 1. The molecule has 0 radical (unpaired) electrons. The van der Waals surface area contributed by atoms with Crippen LogP contribution in [0.1, 0.15) is 36.8 Å². The molecule has 3 rings (SSSR count). The summed E-state index contributed by atoms with van der Waals surface area (Å²) >= 11 is 0. The van der Waals surface area contributed by atoms with Crippen LogP contribution in [0.5, 0.6) is 0 Å². The van der Waals surface area contributed by atoms with Gasteiger partial charge in [0.1, 0.15) is 0 Å². The van der Waals surface area contributed by atoms with Gasteiger partial charge in [0, 0.05) is 36.3 Å². The van der Waals surface area contributed by atoms with Gasteiger partial charge in [0.25, 0.3) is 5.69 Å². The van der Waals surface area contributed by atoms with Gasteiger partial charge < -0.3 is 10.2 Å². The second-order valence-electron chi connectivity index (χ2n) is 6.42. The molecule has 2 atom stereocenters. The second kappa shape index (κ2) is 5.73. The highest BCUT2D eigenvalue weighted by molar-refractivity contribution is 5.44. The Morgan fingerprint density at radius 3 is 2.62 bits per heavy atom. The van der Waals surface area contributed by atoms with Crippen LogP contribution in [0.2, 0.25) is 0 Å². The van der Waals surface area contributed by atoms with Gasteiger partial charge in [-0.1, -0.05) is 12.1 Å². The number of fused-ring (bicyclic) bond motifs is 2. The van der Waals surface area contributed by atoms with E-state index in [-0.39, 0.29) is 10.6 Å². The van der Waals surface area contributed by atoms with Gasteiger partial charge in [-0.25, -0.2) is 0 Å². The number of rotatable bonds is 4. The fourth-order valence-electron chi connectivity index (χ4n) is 3.89. The maximum atomic E-state index is 11.0. The standard InChI is InChI=1S/C16H23N3O2/c1-11-12(4-3-5-16(11)19(20)21)10-17-13-8-14-6-7-15(9-13)18(14)2/h3-5,13-15,17H,6-10H2,1-2H3. The minimum absolute atomic E-state index is 0.220. The monoisotopic (exact) mass is 289 g/mol. The molecule has 5 heteroatoms. The number of nitrogens with one attached hydrogen (secondary N) is 1. The van der Waals surface area contributed by atoms with Crippen molar-refractivity contribution in [1.29, 1.82) is 0 Å². The zero-order chi connectivity index (χ0) is 15.0. The fourth-order valence-corrected chi connectivity index (χ4v) is 3.89. The third-order valence-corrected chi connectivity index (χ3v) is 5.29. The van der Waals surface area contributed by atoms with E-state index in [0.717, 1.165) is 17.7 Å². The highest BCUT2D eigenvalue weighted by Crippen LogP contribution is 2.34. The summed E-state index contributed by atoms with van der Waals surface area (Å²) < 4.78 is 0. The first-order valence-electron chi connectivity index (χ1n) is 7.74. The topological polar surface area (TPSA) is 58.4 Å². The van der Waals surface area contributed by atoms with Crippen LogP contribution in [-0.4, -0.2) is 35.0 Å². The SMILES string of the molecule is Cc1c(CNC2CC3CCC(C2)N3C)cccc1[N+](=O)[O-]. The molecule has 2 saturated heterocycles. The van der Waals surface area contributed by atoms with Crippen molar-refractivity contribution in [3.8, 4) is 0 Å². The average molecular weight is 289 g/mol. The molecule has 0 aromatic heterocycles. The van der Waals surface area contributed by atoms with Gasteiger partial charge in [0.15, 0.2) is 0 Å². The molecule has 2 bridgehead atoms. The number of benzene rings is 1. The summed E-state index contributed by atoms with van der Waals surface area (Å²) in [7, 11) is 2.24. The van der Waals surface area contributed by atoms with Crippen molar-refractivity contribution in [3.05, 3.63) is 39.4 Å². The smallest absolute Gasteiger partial charge is 0.272 e. The van der Waals surface area contributed by atoms with Crippen molar-refractivity contribution in [2.45, 2.75) is 57.3 Å². The Balaban J connectivity index is 1.64. The van der Waals surface area contributed by atoms with Crippen LogP contribution in [0.15, 0.2) is 18.2 Å². The molecule has 2 aliphatic heterocycles. The molecular weight excluding hydrogens is 266 g/mol. The highest BCUT2D eigenvalue weighted by Gasteiger charge is 2.38. The summed E-state index contributed by atoms with van der Waals surface area (Å²) in [6.07, 6.45) is 5.02. The van der Waals surface area contributed by atoms with Crippen molar-refractivity contribution >= 4 is 5.69 Å². The first-order chi connectivity index (χ1) is 10.1. The maximum Gasteiger partial charge on any atom is 0.272 e. The van der Waals surface area contributed by atoms with E-state index in [4.69, 9.17) is 0 Å². The first-order valence-corrected chi connectivity index (χ1v) is 7.74. The number of hydrogen-bond acceptors (Lipinski definition) is 4. The molecule has 2 unspecified atom stereocenters. The molecule has 2 heterocycles. The molecule has 0 saturated carbocycles. The number of nitrogens with zero attached hydrogens (tertiary/aromatic N) is 2. The van der Waals surface area contributed by atoms with Gasteiger partial charge in [0.05, 0.1) is 4.92 Å². The number of hydrogen-bond donors (Lipinski definition) is 1. The summed E-state index contributed by atoms with van der Waals surface area (Å²) in [6.45, 7) is 2.56. The molecule has 0 spiro atoms. The highest BCUT2D eigenvalue weighted by atomic mass is 16.6. The van der Waals surface area contributed by atoms with Crippen molar-refractivity contribution in [3.63, 3.8) is 0 Å². The van der Waals surface area contributed by atoms with Gasteiger partial charge in [-0.3, -0.25) is 10.1 Å². The Hall–Kier alpha value is -1.46. The van der Waals surface area contributed by atoms with Crippen LogP contribution in [0.4, 0.5) is 5.69 Å². The van der Waals surface area contributed by atoms with Crippen LogP contribution < -0.4 is 5.32 Å². The van der Waals surface area contributed by atoms with Crippen LogP contribution in [0.25, 0.3) is 0 Å². The predicted molar refractivity (Wildman–Crippen MR) is 82.3 cm³/mol. The van der Waals surface area contributed by atoms with Crippen molar-refractivity contribution < 1.29 is 4.92 Å². The minimum Gasteiger partial charge on any atom is -0.310 e. The lowest BCUT2D eigenvalue weighted by Crippen LogP contribution is -2.47. The molecule has 1 aromatic rings. The third-order valence-electron chi connectivity index (χ3n) is 5.29. The zero-order valence-electron chi connectivity index (χ0n) is 12.7. The van der Waals surface area contributed by atoms with E-state index < -0.39 is 0 Å². The number of nitro benzene ring substituents is 1. The van der Waals surface area contributed by atoms with E-state index in [9.17, 15) is 10.1 Å². The van der Waals surface area contributed by atoms with Crippen molar-refractivity contribution in [2.24, 2.45) is 0 Å². The summed E-state index contributed by atoms with van der Waals surface area (Å²) in [6, 6.07) is 7.31. The van der Waals surface area contributed by atoms with Gasteiger partial charge in [-0.05, 0) is 45.2 Å². The van der Waals surface area contributed by atoms with Gasteiger partial charge in [-0.15, -0.1) is 0 Å². The largest absolute Gasteiger partial charge is 0.310 e. The van der Waals surface area contributed by atoms with Crippen molar-refractivity contribution in [1.82, 2.24) is 10.2 Å². The van der Waals surface area contributed by atoms with E-state index in [0.29, 0.717) is 18.1 Å². The fraction of sp³-hybridized carbons (Fsp3) is 0.625. The van der Waals surface area contributed by atoms with E-state index in [1.54, 1.807) is 12.1 Å². The quantitative estimate of drug-likeness (QED) is 0.684. The number of nitro groups is 1. The summed E-state index contributed by atoms with van der Waals surface area (Å²) in [5, 5.41) is 14.6. The summed E-state index contributed by atoms with van der Waals surface area (Å²) in [4.78, 5) is 13.2. The van der Waals surface area contributed by atoms with E-state index in [1.165, 1.54) is 25.7 Å². The maximum absolute atomic E-state index is 11.0. The Bertz CT molecular complexity index is 532. The molecule has 2 aliphatic rings. The Labute approximate surface area is 125 Å². The molecule has 1 aromatic carbocycles. The normalized spacial score (nSPS) is 28.8. The minimum atomic E-state index is -0.297. The molecule has 1 N–H and O–H groups in total. The van der Waals surface area contributed by atoms with Gasteiger partial charge in [0.2, 0.25) is 0 Å². The van der Waals surface area contributed by atoms with Gasteiger partial charge in [-0.2, -0.15) is 0 Å². The van der Waals surface area contributed by atoms with Crippen LogP contribution in [0.3, 0.4) is 0 Å². The van der Waals surface area contributed by atoms with E-state index in [1.807, 2.05) is 13.0 Å². The molecule has 114 valence electrons. The Morgan fingerprint density at radius 2 is 2.00 bits per heavy atom. The van der Waals surface area contributed by atoms with Crippen LogP contribution >= 0.6 is 0 Å². The van der Waals surface area contributed by atoms with Crippen molar-refractivity contribution in [2.75, 3.05) is 7.05 Å². The lowest BCUT2D eigenvalue weighted by atomic mass is 9.97. The Kier molecular flexibility index (Phi) is 3.95. The summed E-state index contributed by atoms with van der Waals surface area (Å²) in [5.74, 6) is 0. The van der Waals surface area contributed by atoms with E-state index in [2.05, 4.69) is 17.3 Å². The first kappa shape index (κ1) is 14.5. The van der Waals surface area contributed by atoms with Crippen LogP contribution in [0, 0.1) is 17.0 Å². The predicted octanol–water partition coefficient (Wildman–Crippen LogP) is 2.62.